The van der Waals surface area contributed by atoms with E-state index in [1.54, 1.807) is 79.7 Å². The number of esters is 1. The zero-order chi connectivity index (χ0) is 28.4. The minimum absolute atomic E-state index is 0.0272. The lowest BCUT2D eigenvalue weighted by Crippen LogP contribution is -2.44. The summed E-state index contributed by atoms with van der Waals surface area (Å²) in [6.45, 7) is 6.97. The number of hydrogen-bond donors (Lipinski definition) is 0. The van der Waals surface area contributed by atoms with Crippen molar-refractivity contribution in [3.63, 3.8) is 0 Å². The van der Waals surface area contributed by atoms with E-state index in [1.165, 1.54) is 19.1 Å². The number of carbonyl (C=O) groups excluding carboxylic acids is 1. The first-order valence-corrected chi connectivity index (χ1v) is 15.6. The SMILES string of the molecule is CCOC(=O)C(C)N(c1ccc(CS(=O)(=O)c2ccc(C)cc2)c2ccccc12)S(=O)(=O)c1ccc(C)cc1. The van der Waals surface area contributed by atoms with Crippen LogP contribution in [0, 0.1) is 13.8 Å². The molecule has 0 aromatic heterocycles. The fraction of sp³-hybridized carbons (Fsp3) is 0.233. The van der Waals surface area contributed by atoms with Crippen LogP contribution in [-0.4, -0.2) is 35.5 Å². The number of nitrogens with zero attached hydrogens (tertiary/aromatic N) is 1. The molecule has 1 atom stereocenters. The highest BCUT2D eigenvalue weighted by atomic mass is 32.2. The molecule has 0 fully saturated rings. The van der Waals surface area contributed by atoms with Gasteiger partial charge in [-0.25, -0.2) is 21.6 Å². The number of sulfone groups is 1. The minimum atomic E-state index is -4.21. The van der Waals surface area contributed by atoms with Crippen LogP contribution < -0.4 is 4.31 Å². The fourth-order valence-electron chi connectivity index (χ4n) is 4.43. The fourth-order valence-corrected chi connectivity index (χ4v) is 7.43. The highest BCUT2D eigenvalue weighted by molar-refractivity contribution is 7.93. The lowest BCUT2D eigenvalue weighted by atomic mass is 10.0. The van der Waals surface area contributed by atoms with Gasteiger partial charge in [0.05, 0.1) is 27.8 Å². The van der Waals surface area contributed by atoms with E-state index in [-0.39, 0.29) is 27.8 Å². The van der Waals surface area contributed by atoms with Crippen molar-refractivity contribution in [2.75, 3.05) is 10.9 Å². The highest BCUT2D eigenvalue weighted by Crippen LogP contribution is 2.36. The molecule has 4 aromatic carbocycles. The lowest BCUT2D eigenvalue weighted by Gasteiger charge is -2.30. The standard InChI is InChI=1S/C30H31NO6S2/c1-5-37-30(32)23(4)31(39(35,36)26-17-12-22(3)13-18-26)29-19-14-24(27-8-6-7-9-28(27)29)20-38(33,34)25-15-10-21(2)11-16-25/h6-19,23H,5,20H2,1-4H3. The Hall–Kier alpha value is -3.69. The van der Waals surface area contributed by atoms with Crippen LogP contribution in [0.1, 0.15) is 30.5 Å². The summed E-state index contributed by atoms with van der Waals surface area (Å²) in [5, 5.41) is 1.08. The Morgan fingerprint density at radius 2 is 1.31 bits per heavy atom. The van der Waals surface area contributed by atoms with E-state index in [2.05, 4.69) is 0 Å². The Kier molecular flexibility index (Phi) is 8.13. The topological polar surface area (TPSA) is 97.8 Å². The molecule has 0 saturated carbocycles. The molecular weight excluding hydrogens is 534 g/mol. The molecule has 7 nitrogen and oxygen atoms in total. The maximum Gasteiger partial charge on any atom is 0.329 e. The number of sulfonamides is 1. The zero-order valence-corrected chi connectivity index (χ0v) is 23.9. The number of rotatable bonds is 9. The van der Waals surface area contributed by atoms with Gasteiger partial charge in [0.1, 0.15) is 6.04 Å². The predicted octanol–water partition coefficient (Wildman–Crippen LogP) is 5.58. The van der Waals surface area contributed by atoms with Crippen molar-refractivity contribution in [3.8, 4) is 0 Å². The number of anilines is 1. The molecule has 0 aliphatic carbocycles. The Bertz CT molecular complexity index is 1710. The third-order valence-corrected chi connectivity index (χ3v) is 10.1. The molecule has 0 spiro atoms. The Labute approximate surface area is 230 Å². The Morgan fingerprint density at radius 1 is 0.769 bits per heavy atom. The van der Waals surface area contributed by atoms with Crippen LogP contribution in [0.4, 0.5) is 5.69 Å². The molecule has 0 saturated heterocycles. The summed E-state index contributed by atoms with van der Waals surface area (Å²) in [5.41, 5.74) is 2.62. The van der Waals surface area contributed by atoms with Crippen molar-refractivity contribution >= 4 is 42.3 Å². The summed E-state index contributed by atoms with van der Waals surface area (Å²) in [4.78, 5) is 13.1. The second-order valence-electron chi connectivity index (χ2n) is 9.40. The summed E-state index contributed by atoms with van der Waals surface area (Å²) < 4.78 is 60.7. The first kappa shape index (κ1) is 28.3. The molecular formula is C30H31NO6S2. The van der Waals surface area contributed by atoms with Crippen molar-refractivity contribution in [2.45, 2.75) is 49.3 Å². The summed E-state index contributed by atoms with van der Waals surface area (Å²) in [6, 6.07) is 22.0. The number of ether oxygens (including phenoxy) is 1. The van der Waals surface area contributed by atoms with Gasteiger partial charge in [0.25, 0.3) is 10.0 Å². The quantitative estimate of drug-likeness (QED) is 0.246. The molecule has 1 unspecified atom stereocenters. The average Bonchev–Trinajstić information content (AvgIpc) is 2.90. The van der Waals surface area contributed by atoms with E-state index >= 15 is 0 Å². The normalized spacial score (nSPS) is 12.7. The van der Waals surface area contributed by atoms with Gasteiger partial charge >= 0.3 is 5.97 Å². The van der Waals surface area contributed by atoms with Gasteiger partial charge in [-0.2, -0.15) is 0 Å². The second-order valence-corrected chi connectivity index (χ2v) is 13.2. The summed E-state index contributed by atoms with van der Waals surface area (Å²) in [5.74, 6) is -0.960. The number of carbonyl (C=O) groups is 1. The van der Waals surface area contributed by atoms with Gasteiger partial charge in [0, 0.05) is 5.39 Å². The van der Waals surface area contributed by atoms with E-state index < -0.39 is 31.9 Å². The molecule has 4 aromatic rings. The average molecular weight is 566 g/mol. The first-order valence-electron chi connectivity index (χ1n) is 12.5. The summed E-state index contributed by atoms with van der Waals surface area (Å²) in [6.07, 6.45) is 0. The van der Waals surface area contributed by atoms with Crippen LogP contribution in [0.25, 0.3) is 10.8 Å². The van der Waals surface area contributed by atoms with Crippen LogP contribution in [0.3, 0.4) is 0 Å². The van der Waals surface area contributed by atoms with E-state index in [9.17, 15) is 21.6 Å². The van der Waals surface area contributed by atoms with Crippen molar-refractivity contribution < 1.29 is 26.4 Å². The van der Waals surface area contributed by atoms with Crippen molar-refractivity contribution in [2.24, 2.45) is 0 Å². The lowest BCUT2D eigenvalue weighted by molar-refractivity contribution is -0.144. The molecule has 39 heavy (non-hydrogen) atoms. The summed E-state index contributed by atoms with van der Waals surface area (Å²) >= 11 is 0. The van der Waals surface area contributed by atoms with Gasteiger partial charge in [-0.15, -0.1) is 0 Å². The van der Waals surface area contributed by atoms with Gasteiger partial charge < -0.3 is 4.74 Å². The molecule has 0 radical (unpaired) electrons. The maximum atomic E-state index is 14.0. The first-order chi connectivity index (χ1) is 18.5. The van der Waals surface area contributed by atoms with Crippen molar-refractivity contribution in [1.82, 2.24) is 0 Å². The zero-order valence-electron chi connectivity index (χ0n) is 22.3. The molecule has 0 aliphatic heterocycles. The molecule has 0 N–H and O–H groups in total. The third-order valence-electron chi connectivity index (χ3n) is 6.51. The van der Waals surface area contributed by atoms with Crippen LogP contribution >= 0.6 is 0 Å². The number of hydrogen-bond acceptors (Lipinski definition) is 6. The van der Waals surface area contributed by atoms with Gasteiger partial charge in [0.15, 0.2) is 9.84 Å². The van der Waals surface area contributed by atoms with Gasteiger partial charge in [-0.1, -0.05) is 65.7 Å². The smallest absolute Gasteiger partial charge is 0.329 e. The van der Waals surface area contributed by atoms with Gasteiger partial charge in [-0.05, 0) is 69.0 Å². The molecule has 0 amide bonds. The molecule has 0 bridgehead atoms. The van der Waals surface area contributed by atoms with E-state index in [0.29, 0.717) is 16.3 Å². The maximum absolute atomic E-state index is 14.0. The molecule has 204 valence electrons. The summed E-state index contributed by atoms with van der Waals surface area (Å²) in [7, 11) is -7.88. The van der Waals surface area contributed by atoms with Crippen LogP contribution in [-0.2, 0) is 35.1 Å². The van der Waals surface area contributed by atoms with Crippen LogP contribution in [0.2, 0.25) is 0 Å². The Morgan fingerprint density at radius 3 is 1.87 bits per heavy atom. The molecule has 4 rings (SSSR count). The minimum Gasteiger partial charge on any atom is -0.464 e. The van der Waals surface area contributed by atoms with Gasteiger partial charge in [-0.3, -0.25) is 4.31 Å². The van der Waals surface area contributed by atoms with Gasteiger partial charge in [0.2, 0.25) is 0 Å². The number of aryl methyl sites for hydroxylation is 2. The highest BCUT2D eigenvalue weighted by Gasteiger charge is 2.35. The molecule has 9 heteroatoms. The number of benzene rings is 4. The largest absolute Gasteiger partial charge is 0.464 e. The Balaban J connectivity index is 1.88. The van der Waals surface area contributed by atoms with E-state index in [0.717, 1.165) is 15.4 Å². The van der Waals surface area contributed by atoms with Crippen LogP contribution in [0.5, 0.6) is 0 Å². The van der Waals surface area contributed by atoms with Crippen LogP contribution in [0.15, 0.2) is 94.7 Å². The number of fused-ring (bicyclic) bond motifs is 1. The van der Waals surface area contributed by atoms with E-state index in [1.807, 2.05) is 13.8 Å². The monoisotopic (exact) mass is 565 g/mol. The van der Waals surface area contributed by atoms with Crippen molar-refractivity contribution in [3.05, 3.63) is 102 Å². The molecule has 0 aliphatic rings. The third kappa shape index (κ3) is 5.84. The molecule has 0 heterocycles. The van der Waals surface area contributed by atoms with Crippen molar-refractivity contribution in [1.29, 1.82) is 0 Å². The van der Waals surface area contributed by atoms with E-state index in [4.69, 9.17) is 4.74 Å². The second kappa shape index (κ2) is 11.2. The predicted molar refractivity (Wildman–Crippen MR) is 153 cm³/mol.